The monoisotopic (exact) mass is 462 g/mol. The number of nitrogens with one attached hydrogen (secondary N) is 1. The van der Waals surface area contributed by atoms with Crippen LogP contribution in [0.1, 0.15) is 29.8 Å². The molecule has 0 aliphatic rings. The molecule has 1 N–H and O–H groups in total. The zero-order valence-corrected chi connectivity index (χ0v) is 18.2. The van der Waals surface area contributed by atoms with Crippen LogP contribution in [0.25, 0.3) is 11.3 Å². The van der Waals surface area contributed by atoms with Crippen molar-refractivity contribution in [2.75, 3.05) is 11.1 Å². The molecule has 0 unspecified atom stereocenters. The van der Waals surface area contributed by atoms with Crippen LogP contribution in [0.5, 0.6) is 0 Å². The second kappa shape index (κ2) is 9.12. The van der Waals surface area contributed by atoms with E-state index in [4.69, 9.17) is 0 Å². The first-order valence-electron chi connectivity index (χ1n) is 9.74. The van der Waals surface area contributed by atoms with E-state index in [1.54, 1.807) is 0 Å². The van der Waals surface area contributed by atoms with Crippen LogP contribution >= 0.6 is 0 Å². The number of hydrogen-bond acceptors (Lipinski definition) is 4. The van der Waals surface area contributed by atoms with E-state index in [9.17, 15) is 26.4 Å². The second-order valence-electron chi connectivity index (χ2n) is 7.63. The van der Waals surface area contributed by atoms with E-state index < -0.39 is 27.5 Å². The summed E-state index contributed by atoms with van der Waals surface area (Å²) < 4.78 is 64.2. The van der Waals surface area contributed by atoms with Gasteiger partial charge >= 0.3 is 6.18 Å². The van der Waals surface area contributed by atoms with E-state index in [1.807, 2.05) is 13.8 Å². The highest BCUT2D eigenvalue weighted by Crippen LogP contribution is 2.35. The van der Waals surface area contributed by atoms with E-state index in [2.05, 4.69) is 10.3 Å². The molecule has 5 nitrogen and oxygen atoms in total. The van der Waals surface area contributed by atoms with Crippen LogP contribution in [0, 0.1) is 5.92 Å². The molecule has 0 aliphatic heterocycles. The van der Waals surface area contributed by atoms with Gasteiger partial charge in [0.1, 0.15) is 0 Å². The Morgan fingerprint density at radius 2 is 1.62 bits per heavy atom. The first kappa shape index (κ1) is 23.5. The number of aromatic nitrogens is 1. The molecule has 1 heterocycles. The zero-order valence-electron chi connectivity index (χ0n) is 17.3. The van der Waals surface area contributed by atoms with Gasteiger partial charge in [-0.1, -0.05) is 26.0 Å². The molecule has 0 saturated carbocycles. The summed E-state index contributed by atoms with van der Waals surface area (Å²) in [6.07, 6.45) is -3.27. The van der Waals surface area contributed by atoms with Gasteiger partial charge in [-0.3, -0.25) is 9.78 Å². The number of sulfone groups is 1. The van der Waals surface area contributed by atoms with Crippen molar-refractivity contribution in [3.05, 3.63) is 78.0 Å². The van der Waals surface area contributed by atoms with Crippen LogP contribution in [0.15, 0.2) is 71.8 Å². The SMILES string of the molecule is CC(C)CS(=O)(=O)c1ccc(NC(=O)c2ccc(-c3ncccc3C(F)(F)F)cc2)cc1. The number of alkyl halides is 3. The molecule has 3 rings (SSSR count). The van der Waals surface area contributed by atoms with E-state index in [-0.39, 0.29) is 33.4 Å². The molecule has 0 bridgehead atoms. The van der Waals surface area contributed by atoms with E-state index in [0.717, 1.165) is 6.07 Å². The Hall–Kier alpha value is -3.20. The van der Waals surface area contributed by atoms with Crippen LogP contribution < -0.4 is 5.32 Å². The lowest BCUT2D eigenvalue weighted by atomic mass is 10.0. The molecule has 0 saturated heterocycles. The smallest absolute Gasteiger partial charge is 0.322 e. The third-order valence-corrected chi connectivity index (χ3v) is 6.65. The van der Waals surface area contributed by atoms with Crippen LogP contribution in [-0.2, 0) is 16.0 Å². The summed E-state index contributed by atoms with van der Waals surface area (Å²) in [5.74, 6) is -0.468. The van der Waals surface area contributed by atoms with Crippen LogP contribution in [0.4, 0.5) is 18.9 Å². The number of rotatable bonds is 6. The van der Waals surface area contributed by atoms with Gasteiger partial charge in [0, 0.05) is 23.0 Å². The second-order valence-corrected chi connectivity index (χ2v) is 9.66. The summed E-state index contributed by atoms with van der Waals surface area (Å²) in [4.78, 5) is 16.5. The molecule has 9 heteroatoms. The van der Waals surface area contributed by atoms with Gasteiger partial charge in [-0.2, -0.15) is 13.2 Å². The highest BCUT2D eigenvalue weighted by Gasteiger charge is 2.34. The first-order chi connectivity index (χ1) is 15.0. The molecule has 1 amide bonds. The van der Waals surface area contributed by atoms with Crippen LogP contribution in [0.2, 0.25) is 0 Å². The quantitative estimate of drug-likeness (QED) is 0.529. The Labute approximate surface area is 184 Å². The van der Waals surface area contributed by atoms with E-state index in [1.165, 1.54) is 60.8 Å². The zero-order chi connectivity index (χ0) is 23.5. The first-order valence-corrected chi connectivity index (χ1v) is 11.4. The third kappa shape index (κ3) is 5.53. The highest BCUT2D eigenvalue weighted by molar-refractivity contribution is 7.91. The number of carbonyl (C=O) groups is 1. The van der Waals surface area contributed by atoms with Crippen LogP contribution in [-0.4, -0.2) is 25.1 Å². The molecule has 2 aromatic carbocycles. The molecule has 0 radical (unpaired) electrons. The summed E-state index contributed by atoms with van der Waals surface area (Å²) in [6.45, 7) is 3.63. The van der Waals surface area contributed by atoms with Gasteiger partial charge < -0.3 is 5.32 Å². The maximum absolute atomic E-state index is 13.2. The fourth-order valence-electron chi connectivity index (χ4n) is 3.13. The maximum Gasteiger partial charge on any atom is 0.418 e. The minimum absolute atomic E-state index is 0.0133. The van der Waals surface area contributed by atoms with Gasteiger partial charge in [0.2, 0.25) is 0 Å². The Kier molecular flexibility index (Phi) is 6.68. The predicted molar refractivity (Wildman–Crippen MR) is 116 cm³/mol. The summed E-state index contributed by atoms with van der Waals surface area (Å²) in [5.41, 5.74) is -0.217. The standard InChI is InChI=1S/C23H21F3N2O3S/c1-15(2)14-32(30,31)19-11-9-18(10-12-19)28-22(29)17-7-5-16(6-8-17)21-20(23(24,25)26)4-3-13-27-21/h3-13,15H,14H2,1-2H3,(H,28,29). The molecule has 0 aliphatic carbocycles. The van der Waals surface area contributed by atoms with Gasteiger partial charge in [0.05, 0.1) is 21.9 Å². The topological polar surface area (TPSA) is 76.1 Å². The van der Waals surface area contributed by atoms with Gasteiger partial charge in [-0.25, -0.2) is 8.42 Å². The molecule has 0 atom stereocenters. The van der Waals surface area contributed by atoms with E-state index >= 15 is 0 Å². The van der Waals surface area contributed by atoms with Crippen molar-refractivity contribution in [1.82, 2.24) is 4.98 Å². The van der Waals surface area contributed by atoms with E-state index in [0.29, 0.717) is 5.69 Å². The predicted octanol–water partition coefficient (Wildman–Crippen LogP) is 5.45. The minimum Gasteiger partial charge on any atom is -0.322 e. The number of amides is 1. The van der Waals surface area contributed by atoms with Gasteiger partial charge in [-0.05, 0) is 54.4 Å². The highest BCUT2D eigenvalue weighted by atomic mass is 32.2. The van der Waals surface area contributed by atoms with Crippen molar-refractivity contribution < 1.29 is 26.4 Å². The molecule has 0 fully saturated rings. The lowest BCUT2D eigenvalue weighted by molar-refractivity contribution is -0.137. The molecule has 0 spiro atoms. The molecular formula is C23H21F3N2O3S. The molecule has 168 valence electrons. The van der Waals surface area contributed by atoms with Crippen molar-refractivity contribution in [2.45, 2.75) is 24.9 Å². The largest absolute Gasteiger partial charge is 0.418 e. The normalized spacial score (nSPS) is 12.1. The summed E-state index contributed by atoms with van der Waals surface area (Å²) in [5, 5.41) is 2.64. The number of anilines is 1. The lowest BCUT2D eigenvalue weighted by Gasteiger charge is -2.12. The minimum atomic E-state index is -4.55. The number of halogens is 3. The molecular weight excluding hydrogens is 441 g/mol. The Morgan fingerprint density at radius 3 is 2.19 bits per heavy atom. The van der Waals surface area contributed by atoms with Gasteiger partial charge in [0.25, 0.3) is 5.91 Å². The molecule has 32 heavy (non-hydrogen) atoms. The average Bonchev–Trinajstić information content (AvgIpc) is 2.73. The van der Waals surface area contributed by atoms with Crippen molar-refractivity contribution in [1.29, 1.82) is 0 Å². The molecule has 3 aromatic rings. The van der Waals surface area contributed by atoms with Crippen molar-refractivity contribution in [3.8, 4) is 11.3 Å². The van der Waals surface area contributed by atoms with Crippen molar-refractivity contribution in [3.63, 3.8) is 0 Å². The Morgan fingerprint density at radius 1 is 1.00 bits per heavy atom. The number of carbonyl (C=O) groups excluding carboxylic acids is 1. The fraction of sp³-hybridized carbons (Fsp3) is 0.217. The molecule has 1 aromatic heterocycles. The summed E-state index contributed by atoms with van der Waals surface area (Å²) in [7, 11) is -3.40. The summed E-state index contributed by atoms with van der Waals surface area (Å²) in [6, 6.07) is 13.6. The third-order valence-electron chi connectivity index (χ3n) is 4.56. The maximum atomic E-state index is 13.2. The average molecular weight is 462 g/mol. The Balaban J connectivity index is 1.75. The summed E-state index contributed by atoms with van der Waals surface area (Å²) >= 11 is 0. The lowest BCUT2D eigenvalue weighted by Crippen LogP contribution is -2.13. The Bertz CT molecular complexity index is 1200. The number of pyridine rings is 1. The number of hydrogen-bond donors (Lipinski definition) is 1. The van der Waals surface area contributed by atoms with Gasteiger partial charge in [-0.15, -0.1) is 0 Å². The number of nitrogens with zero attached hydrogens (tertiary/aromatic N) is 1. The van der Waals surface area contributed by atoms with Crippen molar-refractivity contribution >= 4 is 21.4 Å². The van der Waals surface area contributed by atoms with Gasteiger partial charge in [0.15, 0.2) is 9.84 Å². The van der Waals surface area contributed by atoms with Crippen LogP contribution in [0.3, 0.4) is 0 Å². The fourth-order valence-corrected chi connectivity index (χ4v) is 4.75. The number of benzene rings is 2. The van der Waals surface area contributed by atoms with Crippen molar-refractivity contribution in [2.24, 2.45) is 5.92 Å².